The lowest BCUT2D eigenvalue weighted by molar-refractivity contribution is 0.326. The van der Waals surface area contributed by atoms with Crippen molar-refractivity contribution < 1.29 is 4.74 Å². The molecule has 4 heteroatoms. The number of hydrogen-bond donors (Lipinski definition) is 0. The molecule has 1 aliphatic rings. The zero-order valence-corrected chi connectivity index (χ0v) is 11.8. The summed E-state index contributed by atoms with van der Waals surface area (Å²) in [5, 5.41) is 1.12. The van der Waals surface area contributed by atoms with E-state index in [9.17, 15) is 0 Å². The predicted molar refractivity (Wildman–Crippen MR) is 74.1 cm³/mol. The first-order valence-corrected chi connectivity index (χ1v) is 7.36. The fourth-order valence-corrected chi connectivity index (χ4v) is 2.77. The third-order valence-corrected chi connectivity index (χ3v) is 4.07. The van der Waals surface area contributed by atoms with Gasteiger partial charge in [0.1, 0.15) is 5.82 Å². The van der Waals surface area contributed by atoms with Gasteiger partial charge < -0.3 is 9.64 Å². The van der Waals surface area contributed by atoms with Crippen LogP contribution in [0.3, 0.4) is 0 Å². The van der Waals surface area contributed by atoms with Gasteiger partial charge >= 0.3 is 0 Å². The molecule has 0 bridgehead atoms. The summed E-state index contributed by atoms with van der Waals surface area (Å²) in [5.74, 6) is 2.60. The molecule has 0 unspecified atom stereocenters. The second kappa shape index (κ2) is 6.24. The van der Waals surface area contributed by atoms with Crippen LogP contribution in [0.2, 0.25) is 0 Å². The van der Waals surface area contributed by atoms with Crippen LogP contribution >= 0.6 is 15.9 Å². The highest BCUT2D eigenvalue weighted by Gasteiger charge is 2.19. The largest absolute Gasteiger partial charge is 0.478 e. The van der Waals surface area contributed by atoms with Crippen molar-refractivity contribution >= 4 is 21.7 Å². The number of anilines is 1. The Bertz CT molecular complexity index is 351. The molecule has 2 rings (SSSR count). The first-order valence-electron chi connectivity index (χ1n) is 6.24. The minimum Gasteiger partial charge on any atom is -0.478 e. The maximum absolute atomic E-state index is 5.43. The van der Waals surface area contributed by atoms with Crippen LogP contribution in [0.15, 0.2) is 18.2 Å². The summed E-state index contributed by atoms with van der Waals surface area (Å²) in [7, 11) is 0. The average Bonchev–Trinajstić information content (AvgIpc) is 2.40. The summed E-state index contributed by atoms with van der Waals surface area (Å²) in [6, 6.07) is 6.00. The lowest BCUT2D eigenvalue weighted by Crippen LogP contribution is -2.34. The van der Waals surface area contributed by atoms with Gasteiger partial charge in [-0.25, -0.2) is 0 Å². The van der Waals surface area contributed by atoms with E-state index in [1.165, 1.54) is 12.8 Å². The van der Waals surface area contributed by atoms with Gasteiger partial charge in [-0.3, -0.25) is 0 Å². The standard InChI is InChI=1S/C13H19BrN2O/c1-2-17-13-5-3-4-12(15-13)16-8-6-11(10-14)7-9-16/h3-5,11H,2,6-10H2,1H3. The molecule has 1 fully saturated rings. The number of ether oxygens (including phenoxy) is 1. The number of hydrogen-bond acceptors (Lipinski definition) is 3. The summed E-state index contributed by atoms with van der Waals surface area (Å²) in [6.07, 6.45) is 2.48. The van der Waals surface area contributed by atoms with Crippen molar-refractivity contribution in [2.24, 2.45) is 5.92 Å². The molecule has 0 radical (unpaired) electrons. The van der Waals surface area contributed by atoms with Gasteiger partial charge in [-0.2, -0.15) is 4.98 Å². The Morgan fingerprint density at radius 3 is 2.82 bits per heavy atom. The van der Waals surface area contributed by atoms with Gasteiger partial charge in [0.25, 0.3) is 0 Å². The van der Waals surface area contributed by atoms with Gasteiger partial charge in [0.05, 0.1) is 6.61 Å². The predicted octanol–water partition coefficient (Wildman–Crippen LogP) is 3.09. The molecule has 0 amide bonds. The van der Waals surface area contributed by atoms with E-state index < -0.39 is 0 Å². The van der Waals surface area contributed by atoms with Crippen LogP contribution in [0.25, 0.3) is 0 Å². The second-order valence-electron chi connectivity index (χ2n) is 4.35. The minimum absolute atomic E-state index is 0.669. The topological polar surface area (TPSA) is 25.4 Å². The van der Waals surface area contributed by atoms with Crippen LogP contribution < -0.4 is 9.64 Å². The normalized spacial score (nSPS) is 17.2. The lowest BCUT2D eigenvalue weighted by Gasteiger charge is -2.32. The van der Waals surface area contributed by atoms with E-state index in [4.69, 9.17) is 4.74 Å². The van der Waals surface area contributed by atoms with Gasteiger partial charge in [0.15, 0.2) is 0 Å². The Balaban J connectivity index is 2.00. The van der Waals surface area contributed by atoms with Gasteiger partial charge in [-0.15, -0.1) is 0 Å². The van der Waals surface area contributed by atoms with Crippen LogP contribution in [-0.2, 0) is 0 Å². The van der Waals surface area contributed by atoms with Crippen LogP contribution in [0.4, 0.5) is 5.82 Å². The molecule has 3 nitrogen and oxygen atoms in total. The molecule has 1 saturated heterocycles. The van der Waals surface area contributed by atoms with Gasteiger partial charge in [0.2, 0.25) is 5.88 Å². The number of rotatable bonds is 4. The fraction of sp³-hybridized carbons (Fsp3) is 0.615. The smallest absolute Gasteiger partial charge is 0.215 e. The fourth-order valence-electron chi connectivity index (χ4n) is 2.12. The molecular weight excluding hydrogens is 280 g/mol. The highest BCUT2D eigenvalue weighted by Crippen LogP contribution is 2.24. The summed E-state index contributed by atoms with van der Waals surface area (Å²) in [5.41, 5.74) is 0. The number of halogens is 1. The molecule has 94 valence electrons. The zero-order chi connectivity index (χ0) is 12.1. The molecule has 0 aliphatic carbocycles. The number of piperidine rings is 1. The molecule has 2 heterocycles. The highest BCUT2D eigenvalue weighted by atomic mass is 79.9. The van der Waals surface area contributed by atoms with E-state index in [1.54, 1.807) is 0 Å². The van der Waals surface area contributed by atoms with Crippen LogP contribution in [0, 0.1) is 5.92 Å². The van der Waals surface area contributed by atoms with Crippen molar-refractivity contribution in [3.63, 3.8) is 0 Å². The zero-order valence-electron chi connectivity index (χ0n) is 10.2. The lowest BCUT2D eigenvalue weighted by atomic mass is 9.99. The highest BCUT2D eigenvalue weighted by molar-refractivity contribution is 9.09. The number of alkyl halides is 1. The van der Waals surface area contributed by atoms with E-state index >= 15 is 0 Å². The van der Waals surface area contributed by atoms with Crippen molar-refractivity contribution in [2.45, 2.75) is 19.8 Å². The molecule has 1 aromatic heterocycles. The summed E-state index contributed by atoms with van der Waals surface area (Å²) in [4.78, 5) is 6.88. The molecule has 1 aromatic rings. The second-order valence-corrected chi connectivity index (χ2v) is 5.00. The van der Waals surface area contributed by atoms with E-state index in [-0.39, 0.29) is 0 Å². The van der Waals surface area contributed by atoms with Crippen LogP contribution in [-0.4, -0.2) is 30.0 Å². The molecule has 0 atom stereocenters. The quantitative estimate of drug-likeness (QED) is 0.799. The molecule has 0 saturated carbocycles. The van der Waals surface area contributed by atoms with E-state index in [2.05, 4.69) is 31.9 Å². The van der Waals surface area contributed by atoms with Crippen molar-refractivity contribution in [1.82, 2.24) is 4.98 Å². The molecule has 17 heavy (non-hydrogen) atoms. The van der Waals surface area contributed by atoms with Gasteiger partial charge in [-0.05, 0) is 31.7 Å². The average molecular weight is 299 g/mol. The summed E-state index contributed by atoms with van der Waals surface area (Å²) < 4.78 is 5.43. The maximum Gasteiger partial charge on any atom is 0.215 e. The first-order chi connectivity index (χ1) is 8.33. The molecule has 1 aliphatic heterocycles. The minimum atomic E-state index is 0.669. The van der Waals surface area contributed by atoms with E-state index in [0.29, 0.717) is 6.61 Å². The maximum atomic E-state index is 5.43. The third-order valence-electron chi connectivity index (χ3n) is 3.16. The monoisotopic (exact) mass is 298 g/mol. The van der Waals surface area contributed by atoms with Crippen LogP contribution in [0.5, 0.6) is 5.88 Å². The van der Waals surface area contributed by atoms with E-state index in [0.717, 1.165) is 36.0 Å². The third kappa shape index (κ3) is 3.35. The first kappa shape index (κ1) is 12.7. The Morgan fingerprint density at radius 2 is 2.18 bits per heavy atom. The van der Waals surface area contributed by atoms with Gasteiger partial charge in [0, 0.05) is 24.5 Å². The van der Waals surface area contributed by atoms with Crippen molar-refractivity contribution in [3.8, 4) is 5.88 Å². The number of nitrogens with zero attached hydrogens (tertiary/aromatic N) is 2. The van der Waals surface area contributed by atoms with E-state index in [1.807, 2.05) is 19.1 Å². The molecule has 0 spiro atoms. The Morgan fingerprint density at radius 1 is 1.41 bits per heavy atom. The SMILES string of the molecule is CCOc1cccc(N2CCC(CBr)CC2)n1. The number of aromatic nitrogens is 1. The van der Waals surface area contributed by atoms with Gasteiger partial charge in [-0.1, -0.05) is 22.0 Å². The van der Waals surface area contributed by atoms with Crippen molar-refractivity contribution in [1.29, 1.82) is 0 Å². The molecule has 0 N–H and O–H groups in total. The van der Waals surface area contributed by atoms with Crippen molar-refractivity contribution in [2.75, 3.05) is 29.9 Å². The Labute approximate surface area is 111 Å². The Kier molecular flexibility index (Phi) is 4.66. The van der Waals surface area contributed by atoms with Crippen molar-refractivity contribution in [3.05, 3.63) is 18.2 Å². The Hall–Kier alpha value is -0.770. The summed E-state index contributed by atoms with van der Waals surface area (Å²) in [6.45, 7) is 4.84. The molecule has 0 aromatic carbocycles. The van der Waals surface area contributed by atoms with Crippen LogP contribution in [0.1, 0.15) is 19.8 Å². The number of pyridine rings is 1. The summed E-state index contributed by atoms with van der Waals surface area (Å²) >= 11 is 3.57. The molecular formula is C13H19BrN2O.